The summed E-state index contributed by atoms with van der Waals surface area (Å²) in [6.07, 6.45) is 3.03. The minimum atomic E-state index is -3.20. The number of nitrogens with zero attached hydrogens (tertiary/aromatic N) is 2. The fourth-order valence-corrected chi connectivity index (χ4v) is 4.76. The molecular weight excluding hydrogens is 461 g/mol. The second kappa shape index (κ2) is 11.1. The third-order valence-electron chi connectivity index (χ3n) is 4.58. The number of nitrogens with one attached hydrogen (secondary N) is 1. The first kappa shape index (κ1) is 23.2. The van der Waals surface area contributed by atoms with Crippen LogP contribution < -0.4 is 5.32 Å². The number of halogens is 1. The monoisotopic (exact) mass is 493 g/mol. The highest BCUT2D eigenvalue weighted by Gasteiger charge is 2.25. The van der Waals surface area contributed by atoms with Gasteiger partial charge in [0.15, 0.2) is 15.8 Å². The zero-order valence-electron chi connectivity index (χ0n) is 16.0. The second-order valence-electron chi connectivity index (χ2n) is 7.19. The van der Waals surface area contributed by atoms with Gasteiger partial charge in [-0.1, -0.05) is 32.0 Å². The van der Waals surface area contributed by atoms with Crippen molar-refractivity contribution in [3.05, 3.63) is 30.3 Å². The van der Waals surface area contributed by atoms with Gasteiger partial charge in [-0.25, -0.2) is 8.42 Å². The number of aliphatic imine (C=N–C) groups is 1. The van der Waals surface area contributed by atoms with Crippen LogP contribution >= 0.6 is 24.0 Å². The van der Waals surface area contributed by atoms with Crippen molar-refractivity contribution in [1.82, 2.24) is 10.2 Å². The van der Waals surface area contributed by atoms with Crippen molar-refractivity contribution in [2.75, 3.05) is 32.4 Å². The van der Waals surface area contributed by atoms with Crippen LogP contribution in [0.15, 0.2) is 40.2 Å². The van der Waals surface area contributed by atoms with Crippen LogP contribution in [-0.2, 0) is 9.84 Å². The second-order valence-corrected chi connectivity index (χ2v) is 9.30. The number of rotatable bonds is 7. The van der Waals surface area contributed by atoms with E-state index in [1.807, 2.05) is 6.07 Å². The topological polar surface area (TPSA) is 61.8 Å². The van der Waals surface area contributed by atoms with Crippen LogP contribution in [-0.4, -0.2) is 51.7 Å². The average molecular weight is 493 g/mol. The Balaban J connectivity index is 0.00000338. The summed E-state index contributed by atoms with van der Waals surface area (Å²) in [7, 11) is -1.41. The van der Waals surface area contributed by atoms with E-state index in [2.05, 4.69) is 29.1 Å². The normalized spacial score (nSPS) is 18.1. The van der Waals surface area contributed by atoms with Crippen LogP contribution in [0.1, 0.15) is 33.1 Å². The molecule has 1 N–H and O–H groups in total. The molecule has 1 heterocycles. The smallest absolute Gasteiger partial charge is 0.193 e. The Kier molecular flexibility index (Phi) is 9.92. The summed E-state index contributed by atoms with van der Waals surface area (Å²) in [5, 5.41) is 3.32. The molecule has 0 amide bonds. The summed E-state index contributed by atoms with van der Waals surface area (Å²) in [6, 6.07) is 8.65. The number of hydrogen-bond donors (Lipinski definition) is 1. The maximum Gasteiger partial charge on any atom is 0.193 e. The Labute approximate surface area is 175 Å². The molecule has 148 valence electrons. The molecule has 0 spiro atoms. The first-order valence-corrected chi connectivity index (χ1v) is 10.8. The Hall–Kier alpha value is -0.830. The van der Waals surface area contributed by atoms with Crippen LogP contribution in [0.2, 0.25) is 0 Å². The molecule has 1 aliphatic rings. The minimum Gasteiger partial charge on any atom is -0.356 e. The highest BCUT2D eigenvalue weighted by atomic mass is 127. The van der Waals surface area contributed by atoms with E-state index in [4.69, 9.17) is 0 Å². The van der Waals surface area contributed by atoms with E-state index in [9.17, 15) is 8.42 Å². The summed E-state index contributed by atoms with van der Waals surface area (Å²) in [5.41, 5.74) is 0. The number of sulfone groups is 1. The van der Waals surface area contributed by atoms with Crippen LogP contribution in [0.3, 0.4) is 0 Å². The Morgan fingerprint density at radius 3 is 2.62 bits per heavy atom. The lowest BCUT2D eigenvalue weighted by molar-refractivity contribution is 0.403. The maximum absolute atomic E-state index is 12.3. The minimum absolute atomic E-state index is 0. The molecule has 1 fully saturated rings. The highest BCUT2D eigenvalue weighted by molar-refractivity contribution is 14.0. The lowest BCUT2D eigenvalue weighted by Crippen LogP contribution is -2.40. The summed E-state index contributed by atoms with van der Waals surface area (Å²) in [4.78, 5) is 7.05. The van der Waals surface area contributed by atoms with Gasteiger partial charge in [0.1, 0.15) is 0 Å². The average Bonchev–Trinajstić information content (AvgIpc) is 3.03. The molecule has 1 aromatic rings. The fourth-order valence-electron chi connectivity index (χ4n) is 3.42. The van der Waals surface area contributed by atoms with Gasteiger partial charge in [0.25, 0.3) is 0 Å². The SMILES string of the molecule is CN=C(NCCCS(=O)(=O)c1ccccc1)N1CCC(CC(C)C)C1.I. The quantitative estimate of drug-likeness (QED) is 0.274. The molecule has 1 aliphatic heterocycles. The predicted molar refractivity (Wildman–Crippen MR) is 119 cm³/mol. The molecule has 1 aromatic carbocycles. The molecule has 5 nitrogen and oxygen atoms in total. The Morgan fingerprint density at radius 2 is 2.00 bits per heavy atom. The number of benzene rings is 1. The van der Waals surface area contributed by atoms with Gasteiger partial charge in [0, 0.05) is 26.7 Å². The van der Waals surface area contributed by atoms with E-state index in [0.717, 1.165) is 30.9 Å². The summed E-state index contributed by atoms with van der Waals surface area (Å²) in [6.45, 7) is 7.22. The van der Waals surface area contributed by atoms with Gasteiger partial charge in [-0.15, -0.1) is 24.0 Å². The highest BCUT2D eigenvalue weighted by Crippen LogP contribution is 2.23. The van der Waals surface area contributed by atoms with Crippen molar-refractivity contribution in [1.29, 1.82) is 0 Å². The molecule has 0 aromatic heterocycles. The van der Waals surface area contributed by atoms with E-state index in [1.165, 1.54) is 12.8 Å². The predicted octanol–water partition coefficient (Wildman–Crippen LogP) is 3.41. The van der Waals surface area contributed by atoms with E-state index in [0.29, 0.717) is 17.9 Å². The largest absolute Gasteiger partial charge is 0.356 e. The van der Waals surface area contributed by atoms with Gasteiger partial charge in [-0.2, -0.15) is 0 Å². The van der Waals surface area contributed by atoms with Crippen molar-refractivity contribution in [2.45, 2.75) is 38.0 Å². The molecule has 26 heavy (non-hydrogen) atoms. The third-order valence-corrected chi connectivity index (χ3v) is 6.39. The van der Waals surface area contributed by atoms with E-state index in [1.54, 1.807) is 31.3 Å². The summed E-state index contributed by atoms with van der Waals surface area (Å²) >= 11 is 0. The van der Waals surface area contributed by atoms with Crippen molar-refractivity contribution < 1.29 is 8.42 Å². The van der Waals surface area contributed by atoms with E-state index >= 15 is 0 Å². The van der Waals surface area contributed by atoms with Crippen molar-refractivity contribution in [2.24, 2.45) is 16.8 Å². The molecule has 0 radical (unpaired) electrons. The molecule has 1 unspecified atom stereocenters. The lowest BCUT2D eigenvalue weighted by Gasteiger charge is -2.22. The molecule has 0 bridgehead atoms. The first-order valence-electron chi connectivity index (χ1n) is 9.15. The lowest BCUT2D eigenvalue weighted by atomic mass is 9.97. The van der Waals surface area contributed by atoms with Gasteiger partial charge in [0.2, 0.25) is 0 Å². The van der Waals surface area contributed by atoms with Gasteiger partial charge in [0.05, 0.1) is 10.6 Å². The van der Waals surface area contributed by atoms with Crippen LogP contribution in [0.25, 0.3) is 0 Å². The standard InChI is InChI=1S/C19H31N3O2S.HI/c1-16(2)14-17-10-12-22(15-17)19(20-3)21-11-7-13-25(23,24)18-8-5-4-6-9-18;/h4-6,8-9,16-17H,7,10-15H2,1-3H3,(H,20,21);1H. The Morgan fingerprint density at radius 1 is 1.31 bits per heavy atom. The number of hydrogen-bond acceptors (Lipinski definition) is 3. The molecular formula is C19H32IN3O2S. The zero-order valence-corrected chi connectivity index (χ0v) is 19.2. The van der Waals surface area contributed by atoms with Crippen LogP contribution in [0, 0.1) is 11.8 Å². The van der Waals surface area contributed by atoms with E-state index in [-0.39, 0.29) is 29.7 Å². The molecule has 7 heteroatoms. The third kappa shape index (κ3) is 7.06. The van der Waals surface area contributed by atoms with E-state index < -0.39 is 9.84 Å². The van der Waals surface area contributed by atoms with Crippen LogP contribution in [0.5, 0.6) is 0 Å². The Bertz CT molecular complexity index is 663. The number of guanidine groups is 1. The number of likely N-dealkylation sites (tertiary alicyclic amines) is 1. The fraction of sp³-hybridized carbons (Fsp3) is 0.632. The first-order chi connectivity index (χ1) is 11.9. The molecule has 0 saturated carbocycles. The summed E-state index contributed by atoms with van der Waals surface area (Å²) < 4.78 is 24.6. The van der Waals surface area contributed by atoms with Crippen molar-refractivity contribution in [3.8, 4) is 0 Å². The van der Waals surface area contributed by atoms with Crippen molar-refractivity contribution >= 4 is 39.8 Å². The summed E-state index contributed by atoms with van der Waals surface area (Å²) in [5.74, 6) is 2.50. The van der Waals surface area contributed by atoms with Gasteiger partial charge in [-0.05, 0) is 43.2 Å². The molecule has 1 atom stereocenters. The van der Waals surface area contributed by atoms with Gasteiger partial charge in [-0.3, -0.25) is 4.99 Å². The van der Waals surface area contributed by atoms with Crippen molar-refractivity contribution in [3.63, 3.8) is 0 Å². The van der Waals surface area contributed by atoms with Gasteiger partial charge >= 0.3 is 0 Å². The zero-order chi connectivity index (χ0) is 18.3. The van der Waals surface area contributed by atoms with Gasteiger partial charge < -0.3 is 10.2 Å². The molecule has 0 aliphatic carbocycles. The molecule has 2 rings (SSSR count). The molecule has 1 saturated heterocycles. The van der Waals surface area contributed by atoms with Crippen LogP contribution in [0.4, 0.5) is 0 Å². The maximum atomic E-state index is 12.3.